The van der Waals surface area contributed by atoms with Crippen LogP contribution >= 0.6 is 35.0 Å². The van der Waals surface area contributed by atoms with Crippen LogP contribution in [0.4, 0.5) is 18.0 Å². The number of carbonyl (C=O) groups excluding carboxylic acids is 2. The van der Waals surface area contributed by atoms with Crippen LogP contribution in [0.15, 0.2) is 23.1 Å². The fraction of sp³-hybridized carbons (Fsp3) is 0.176. The maximum Gasteiger partial charge on any atom is 0.416 e. The van der Waals surface area contributed by atoms with Crippen molar-refractivity contribution < 1.29 is 22.8 Å². The Morgan fingerprint density at radius 3 is 2.19 bits per heavy atom. The third kappa shape index (κ3) is 3.74. The molecule has 1 aliphatic heterocycles. The van der Waals surface area contributed by atoms with E-state index < -0.39 is 22.9 Å². The molecule has 1 fully saturated rings. The molecule has 1 aromatic carbocycles. The molecule has 142 valence electrons. The fourth-order valence-corrected chi connectivity index (χ4v) is 4.11. The number of nitrogens with zero attached hydrogens (tertiary/aromatic N) is 1. The highest BCUT2D eigenvalue weighted by molar-refractivity contribution is 8.18. The van der Waals surface area contributed by atoms with Gasteiger partial charge in [0.1, 0.15) is 0 Å². The van der Waals surface area contributed by atoms with Gasteiger partial charge in [-0.1, -0.05) is 23.2 Å². The quantitative estimate of drug-likeness (QED) is 0.612. The lowest BCUT2D eigenvalue weighted by atomic mass is 10.2. The predicted octanol–water partition coefficient (Wildman–Crippen LogP) is 5.74. The molecular weight excluding hydrogens is 424 g/mol. The van der Waals surface area contributed by atoms with Gasteiger partial charge in [-0.2, -0.15) is 13.2 Å². The first-order valence-corrected chi connectivity index (χ1v) is 9.06. The lowest BCUT2D eigenvalue weighted by Crippen LogP contribution is -2.17. The molecular formula is C17H11Cl2F3N2O2S. The van der Waals surface area contributed by atoms with Gasteiger partial charge in [0.05, 0.1) is 26.2 Å². The molecule has 0 spiro atoms. The monoisotopic (exact) mass is 434 g/mol. The van der Waals surface area contributed by atoms with Crippen molar-refractivity contribution in [2.45, 2.75) is 20.0 Å². The van der Waals surface area contributed by atoms with E-state index in [4.69, 9.17) is 23.2 Å². The van der Waals surface area contributed by atoms with Gasteiger partial charge in [0.25, 0.3) is 11.1 Å². The smallest absolute Gasteiger partial charge is 0.315 e. The maximum atomic E-state index is 12.9. The first-order valence-electron chi connectivity index (χ1n) is 7.49. The van der Waals surface area contributed by atoms with Gasteiger partial charge in [0.15, 0.2) is 0 Å². The molecule has 2 aromatic rings. The lowest BCUT2D eigenvalue weighted by molar-refractivity contribution is -0.137. The molecule has 10 heteroatoms. The Hall–Kier alpha value is -1.90. The SMILES string of the molecule is Cc1cc(/C=C2\SC(=O)NC2=O)c(C)n1-c1c(Cl)cc(C(F)(F)F)cc1Cl. The molecule has 1 N–H and O–H groups in total. The van der Waals surface area contributed by atoms with E-state index in [1.807, 2.05) is 0 Å². The van der Waals surface area contributed by atoms with Gasteiger partial charge in [-0.15, -0.1) is 0 Å². The zero-order chi connectivity index (χ0) is 20.1. The number of imide groups is 1. The topological polar surface area (TPSA) is 51.1 Å². The van der Waals surface area contributed by atoms with Crippen LogP contribution in [0.25, 0.3) is 11.8 Å². The molecule has 1 aromatic heterocycles. The Balaban J connectivity index is 2.12. The van der Waals surface area contributed by atoms with Crippen molar-refractivity contribution in [1.29, 1.82) is 0 Å². The van der Waals surface area contributed by atoms with Crippen LogP contribution in [0.1, 0.15) is 22.5 Å². The minimum Gasteiger partial charge on any atom is -0.315 e. The van der Waals surface area contributed by atoms with E-state index in [1.54, 1.807) is 24.5 Å². The second-order valence-corrected chi connectivity index (χ2v) is 7.63. The number of thioether (sulfide) groups is 1. The molecule has 1 saturated heterocycles. The number of hydrogen-bond acceptors (Lipinski definition) is 3. The van der Waals surface area contributed by atoms with Crippen LogP contribution in [-0.4, -0.2) is 15.7 Å². The molecule has 27 heavy (non-hydrogen) atoms. The largest absolute Gasteiger partial charge is 0.416 e. The number of hydrogen-bond donors (Lipinski definition) is 1. The number of carbonyl (C=O) groups is 2. The molecule has 4 nitrogen and oxygen atoms in total. The minimum atomic E-state index is -4.57. The summed E-state index contributed by atoms with van der Waals surface area (Å²) in [6.45, 7) is 3.44. The summed E-state index contributed by atoms with van der Waals surface area (Å²) in [7, 11) is 0. The molecule has 2 amide bonds. The van der Waals surface area contributed by atoms with Crippen LogP contribution in [0.2, 0.25) is 10.0 Å². The number of alkyl halides is 3. The summed E-state index contributed by atoms with van der Waals surface area (Å²) in [4.78, 5) is 23.2. The molecule has 2 heterocycles. The van der Waals surface area contributed by atoms with Gasteiger partial charge >= 0.3 is 6.18 Å². The maximum absolute atomic E-state index is 12.9. The molecule has 3 rings (SSSR count). The summed E-state index contributed by atoms with van der Waals surface area (Å²) in [5, 5.41) is 1.39. The van der Waals surface area contributed by atoms with Crippen LogP contribution in [0.3, 0.4) is 0 Å². The van der Waals surface area contributed by atoms with Gasteiger partial charge in [0, 0.05) is 11.4 Å². The summed E-state index contributed by atoms with van der Waals surface area (Å²) < 4.78 is 40.4. The van der Waals surface area contributed by atoms with Gasteiger partial charge in [-0.05, 0) is 55.4 Å². The van der Waals surface area contributed by atoms with Gasteiger partial charge < -0.3 is 4.57 Å². The number of nitrogens with one attached hydrogen (secondary N) is 1. The Labute approximate surface area is 166 Å². The van der Waals surface area contributed by atoms with E-state index >= 15 is 0 Å². The Kier molecular flexibility index (Phi) is 5.09. The average Bonchev–Trinajstić information content (AvgIpc) is 2.98. The van der Waals surface area contributed by atoms with Crippen LogP contribution in [0, 0.1) is 13.8 Å². The Bertz CT molecular complexity index is 989. The van der Waals surface area contributed by atoms with Crippen molar-refractivity contribution in [3.05, 3.63) is 55.7 Å². The first kappa shape index (κ1) is 19.9. The Morgan fingerprint density at radius 1 is 1.11 bits per heavy atom. The lowest BCUT2D eigenvalue weighted by Gasteiger charge is -2.16. The fourth-order valence-electron chi connectivity index (χ4n) is 2.78. The second-order valence-electron chi connectivity index (χ2n) is 5.80. The number of aromatic nitrogens is 1. The highest BCUT2D eigenvalue weighted by atomic mass is 35.5. The number of aryl methyl sites for hydroxylation is 1. The van der Waals surface area contributed by atoms with E-state index in [9.17, 15) is 22.8 Å². The predicted molar refractivity (Wildman–Crippen MR) is 99.4 cm³/mol. The van der Waals surface area contributed by atoms with Gasteiger partial charge in [0.2, 0.25) is 0 Å². The second kappa shape index (κ2) is 6.92. The highest BCUT2D eigenvalue weighted by Gasteiger charge is 2.32. The van der Waals surface area contributed by atoms with E-state index in [2.05, 4.69) is 5.32 Å². The third-order valence-electron chi connectivity index (χ3n) is 3.97. The summed E-state index contributed by atoms with van der Waals surface area (Å²) in [5.41, 5.74) is 1.15. The molecule has 0 radical (unpaired) electrons. The van der Waals surface area contributed by atoms with Crippen molar-refractivity contribution in [3.8, 4) is 5.69 Å². The molecule has 0 aliphatic carbocycles. The normalized spacial score (nSPS) is 16.3. The van der Waals surface area contributed by atoms with Crippen molar-refractivity contribution >= 4 is 52.2 Å². The molecule has 1 aliphatic rings. The zero-order valence-electron chi connectivity index (χ0n) is 13.9. The molecule has 0 atom stereocenters. The van der Waals surface area contributed by atoms with Crippen LogP contribution in [-0.2, 0) is 11.0 Å². The van der Waals surface area contributed by atoms with Crippen molar-refractivity contribution in [3.63, 3.8) is 0 Å². The molecule has 0 saturated carbocycles. The van der Waals surface area contributed by atoms with Gasteiger partial charge in [-0.25, -0.2) is 0 Å². The highest BCUT2D eigenvalue weighted by Crippen LogP contribution is 2.39. The van der Waals surface area contributed by atoms with E-state index in [-0.39, 0.29) is 20.6 Å². The molecule has 0 bridgehead atoms. The summed E-state index contributed by atoms with van der Waals surface area (Å²) in [6.07, 6.45) is -3.03. The number of halogens is 5. The van der Waals surface area contributed by atoms with Crippen molar-refractivity contribution in [2.75, 3.05) is 0 Å². The average molecular weight is 435 g/mol. The van der Waals surface area contributed by atoms with E-state index in [0.29, 0.717) is 17.0 Å². The standard InChI is InChI=1S/C17H11Cl2F3N2O2S/c1-7-3-9(4-13-15(25)23-16(26)27-13)8(2)24(7)14-11(18)5-10(6-12(14)19)17(20,21)22/h3-6H,1-2H3,(H,23,25,26)/b13-4-. The van der Waals surface area contributed by atoms with Crippen molar-refractivity contribution in [1.82, 2.24) is 9.88 Å². The first-order chi connectivity index (χ1) is 12.5. The summed E-state index contributed by atoms with van der Waals surface area (Å²) >= 11 is 13.0. The number of benzene rings is 1. The van der Waals surface area contributed by atoms with Gasteiger partial charge in [-0.3, -0.25) is 14.9 Å². The van der Waals surface area contributed by atoms with E-state index in [1.165, 1.54) is 6.08 Å². The third-order valence-corrected chi connectivity index (χ3v) is 5.35. The Morgan fingerprint density at radius 2 is 1.70 bits per heavy atom. The van der Waals surface area contributed by atoms with E-state index in [0.717, 1.165) is 23.9 Å². The molecule has 0 unspecified atom stereocenters. The zero-order valence-corrected chi connectivity index (χ0v) is 16.2. The van der Waals surface area contributed by atoms with Crippen LogP contribution < -0.4 is 5.32 Å². The summed E-state index contributed by atoms with van der Waals surface area (Å²) in [5.74, 6) is -0.500. The summed E-state index contributed by atoms with van der Waals surface area (Å²) in [6, 6.07) is 3.36. The van der Waals surface area contributed by atoms with Crippen LogP contribution in [0.5, 0.6) is 0 Å². The number of rotatable bonds is 2. The number of amides is 2. The minimum absolute atomic E-state index is 0.154. The van der Waals surface area contributed by atoms with Crippen molar-refractivity contribution in [2.24, 2.45) is 0 Å².